The van der Waals surface area contributed by atoms with E-state index in [0.29, 0.717) is 0 Å². The zero-order valence-electron chi connectivity index (χ0n) is 10.1. The van der Waals surface area contributed by atoms with E-state index in [1.54, 1.807) is 0 Å². The van der Waals surface area contributed by atoms with Gasteiger partial charge in [0.1, 0.15) is 0 Å². The lowest BCUT2D eigenvalue weighted by atomic mass is 9.98. The van der Waals surface area contributed by atoms with Crippen LogP contribution in [0.15, 0.2) is 0 Å². The molecule has 1 atom stereocenters. The van der Waals surface area contributed by atoms with Gasteiger partial charge < -0.3 is 4.90 Å². The van der Waals surface area contributed by atoms with Crippen molar-refractivity contribution in [2.75, 3.05) is 25.4 Å². The lowest BCUT2D eigenvalue weighted by molar-refractivity contribution is 0.239. The number of nitrogens with zero attached hydrogens (tertiary/aromatic N) is 1. The van der Waals surface area contributed by atoms with Crippen molar-refractivity contribution in [3.8, 4) is 0 Å². The van der Waals surface area contributed by atoms with Crippen LogP contribution in [0.25, 0.3) is 0 Å². The molecule has 1 nitrogen and oxygen atoms in total. The van der Waals surface area contributed by atoms with Gasteiger partial charge in [0.2, 0.25) is 0 Å². The minimum Gasteiger partial charge on any atom is -0.304 e. The molecule has 0 aliphatic heterocycles. The second-order valence-electron chi connectivity index (χ2n) is 4.01. The maximum absolute atomic E-state index is 4.34. The average molecular weight is 217 g/mol. The summed E-state index contributed by atoms with van der Waals surface area (Å²) in [5, 5.41) is 0. The zero-order valence-corrected chi connectivity index (χ0v) is 11.0. The van der Waals surface area contributed by atoms with Crippen molar-refractivity contribution in [1.82, 2.24) is 4.90 Å². The highest BCUT2D eigenvalue weighted by Gasteiger charge is 2.10. The Morgan fingerprint density at radius 3 is 2.14 bits per heavy atom. The third kappa shape index (κ3) is 6.72. The maximum atomic E-state index is 4.34. The molecule has 0 radical (unpaired) electrons. The van der Waals surface area contributed by atoms with E-state index in [0.717, 1.165) is 11.7 Å². The SMILES string of the molecule is CCCCC(CCS)CN(CC)CC. The second kappa shape index (κ2) is 9.85. The smallest absolute Gasteiger partial charge is 0.000972 e. The highest BCUT2D eigenvalue weighted by molar-refractivity contribution is 7.80. The molecule has 0 aliphatic carbocycles. The van der Waals surface area contributed by atoms with E-state index < -0.39 is 0 Å². The summed E-state index contributed by atoms with van der Waals surface area (Å²) in [4.78, 5) is 2.53. The van der Waals surface area contributed by atoms with Crippen molar-refractivity contribution in [3.05, 3.63) is 0 Å². The number of unbranched alkanes of at least 4 members (excludes halogenated alkanes) is 1. The quantitative estimate of drug-likeness (QED) is 0.579. The first-order valence-electron chi connectivity index (χ1n) is 6.11. The highest BCUT2D eigenvalue weighted by Crippen LogP contribution is 2.15. The van der Waals surface area contributed by atoms with Crippen molar-refractivity contribution >= 4 is 12.6 Å². The molecule has 0 fully saturated rings. The Bertz CT molecular complexity index is 113. The fraction of sp³-hybridized carbons (Fsp3) is 1.00. The van der Waals surface area contributed by atoms with Crippen LogP contribution in [0.5, 0.6) is 0 Å². The molecule has 86 valence electrons. The predicted molar refractivity (Wildman–Crippen MR) is 69.3 cm³/mol. The largest absolute Gasteiger partial charge is 0.304 e. The van der Waals surface area contributed by atoms with Crippen LogP contribution < -0.4 is 0 Å². The molecule has 0 rings (SSSR count). The number of rotatable bonds is 9. The van der Waals surface area contributed by atoms with Crippen LogP contribution in [0.4, 0.5) is 0 Å². The van der Waals surface area contributed by atoms with E-state index in [1.165, 1.54) is 45.3 Å². The van der Waals surface area contributed by atoms with Gasteiger partial charge in [-0.2, -0.15) is 12.6 Å². The minimum absolute atomic E-state index is 0.868. The molecule has 2 heteroatoms. The van der Waals surface area contributed by atoms with Crippen LogP contribution in [0.1, 0.15) is 46.5 Å². The van der Waals surface area contributed by atoms with Crippen molar-refractivity contribution in [2.24, 2.45) is 5.92 Å². The zero-order chi connectivity index (χ0) is 10.8. The summed E-state index contributed by atoms with van der Waals surface area (Å²) in [6.07, 6.45) is 5.36. The highest BCUT2D eigenvalue weighted by atomic mass is 32.1. The molecule has 0 spiro atoms. The number of hydrogen-bond donors (Lipinski definition) is 1. The fourth-order valence-electron chi connectivity index (χ4n) is 1.85. The standard InChI is InChI=1S/C12H27NS/c1-4-7-8-12(9-10-14)11-13(5-2)6-3/h12,14H,4-11H2,1-3H3. The summed E-state index contributed by atoms with van der Waals surface area (Å²) in [6.45, 7) is 10.4. The average Bonchev–Trinajstić information content (AvgIpc) is 2.22. The summed E-state index contributed by atoms with van der Waals surface area (Å²) < 4.78 is 0. The first kappa shape index (κ1) is 14.3. The van der Waals surface area contributed by atoms with E-state index in [9.17, 15) is 0 Å². The molecule has 1 unspecified atom stereocenters. The Hall–Kier alpha value is 0.310. The third-order valence-corrected chi connectivity index (χ3v) is 3.17. The van der Waals surface area contributed by atoms with E-state index in [4.69, 9.17) is 0 Å². The molecule has 0 aromatic heterocycles. The molecule has 0 saturated carbocycles. The van der Waals surface area contributed by atoms with E-state index in [-0.39, 0.29) is 0 Å². The Balaban J connectivity index is 3.80. The predicted octanol–water partition coefficient (Wildman–Crippen LogP) is 3.45. The Morgan fingerprint density at radius 2 is 1.71 bits per heavy atom. The van der Waals surface area contributed by atoms with Gasteiger partial charge in [0.15, 0.2) is 0 Å². The maximum Gasteiger partial charge on any atom is 0.000972 e. The second-order valence-corrected chi connectivity index (χ2v) is 4.45. The van der Waals surface area contributed by atoms with Crippen LogP contribution in [0.2, 0.25) is 0 Å². The van der Waals surface area contributed by atoms with Gasteiger partial charge in [0.05, 0.1) is 0 Å². The molecule has 0 aromatic carbocycles. The molecule has 0 heterocycles. The first-order chi connectivity index (χ1) is 6.78. The Labute approximate surface area is 95.7 Å². The van der Waals surface area contributed by atoms with E-state index in [2.05, 4.69) is 38.3 Å². The van der Waals surface area contributed by atoms with Gasteiger partial charge in [0.25, 0.3) is 0 Å². The van der Waals surface area contributed by atoms with Gasteiger partial charge in [-0.05, 0) is 37.6 Å². The summed E-state index contributed by atoms with van der Waals surface area (Å²) >= 11 is 4.34. The molecule has 0 bridgehead atoms. The third-order valence-electron chi connectivity index (χ3n) is 2.91. The van der Waals surface area contributed by atoms with Crippen LogP contribution in [0, 0.1) is 5.92 Å². The van der Waals surface area contributed by atoms with Crippen LogP contribution >= 0.6 is 12.6 Å². The summed E-state index contributed by atoms with van der Waals surface area (Å²) in [7, 11) is 0. The van der Waals surface area contributed by atoms with E-state index in [1.807, 2.05) is 0 Å². The molecular weight excluding hydrogens is 190 g/mol. The molecule has 0 saturated heterocycles. The van der Waals surface area contributed by atoms with Gasteiger partial charge >= 0.3 is 0 Å². The molecule has 0 amide bonds. The van der Waals surface area contributed by atoms with Gasteiger partial charge in [0, 0.05) is 6.54 Å². The van der Waals surface area contributed by atoms with Crippen molar-refractivity contribution in [2.45, 2.75) is 46.5 Å². The van der Waals surface area contributed by atoms with Gasteiger partial charge in [-0.3, -0.25) is 0 Å². The molecule has 14 heavy (non-hydrogen) atoms. The molecular formula is C12H27NS. The molecule has 0 N–H and O–H groups in total. The van der Waals surface area contributed by atoms with Gasteiger partial charge in [-0.25, -0.2) is 0 Å². The lowest BCUT2D eigenvalue weighted by Gasteiger charge is -2.24. The topological polar surface area (TPSA) is 3.24 Å². The molecule has 0 aromatic rings. The van der Waals surface area contributed by atoms with Crippen molar-refractivity contribution in [3.63, 3.8) is 0 Å². The first-order valence-corrected chi connectivity index (χ1v) is 6.74. The van der Waals surface area contributed by atoms with Crippen LogP contribution in [-0.2, 0) is 0 Å². The monoisotopic (exact) mass is 217 g/mol. The molecule has 0 aliphatic rings. The van der Waals surface area contributed by atoms with E-state index >= 15 is 0 Å². The van der Waals surface area contributed by atoms with Crippen molar-refractivity contribution in [1.29, 1.82) is 0 Å². The van der Waals surface area contributed by atoms with Crippen LogP contribution in [-0.4, -0.2) is 30.3 Å². The van der Waals surface area contributed by atoms with Gasteiger partial charge in [-0.1, -0.05) is 33.6 Å². The van der Waals surface area contributed by atoms with Gasteiger partial charge in [-0.15, -0.1) is 0 Å². The number of hydrogen-bond acceptors (Lipinski definition) is 2. The van der Waals surface area contributed by atoms with Crippen LogP contribution in [0.3, 0.4) is 0 Å². The lowest BCUT2D eigenvalue weighted by Crippen LogP contribution is -2.29. The number of thiol groups is 1. The summed E-state index contributed by atoms with van der Waals surface area (Å²) in [6, 6.07) is 0. The summed E-state index contributed by atoms with van der Waals surface area (Å²) in [5.74, 6) is 1.91. The normalized spacial score (nSPS) is 13.5. The summed E-state index contributed by atoms with van der Waals surface area (Å²) in [5.41, 5.74) is 0. The Morgan fingerprint density at radius 1 is 1.07 bits per heavy atom. The fourth-order valence-corrected chi connectivity index (χ4v) is 2.21. The minimum atomic E-state index is 0.868. The van der Waals surface area contributed by atoms with Crippen molar-refractivity contribution < 1.29 is 0 Å². The Kier molecular flexibility index (Phi) is 10.1.